The fourth-order valence-electron chi connectivity index (χ4n) is 1.82. The Labute approximate surface area is 123 Å². The maximum absolute atomic E-state index is 13.0. The van der Waals surface area contributed by atoms with Crippen LogP contribution in [0.25, 0.3) is 11.0 Å². The van der Waals surface area contributed by atoms with Crippen LogP contribution in [-0.2, 0) is 6.18 Å². The van der Waals surface area contributed by atoms with Gasteiger partial charge in [-0.25, -0.2) is 9.97 Å². The summed E-state index contributed by atoms with van der Waals surface area (Å²) >= 11 is 0. The largest absolute Gasteiger partial charge is 0.418 e. The number of anilines is 1. The van der Waals surface area contributed by atoms with Crippen LogP contribution in [-0.4, -0.2) is 41.5 Å². The predicted molar refractivity (Wildman–Crippen MR) is 79.4 cm³/mol. The van der Waals surface area contributed by atoms with Crippen molar-refractivity contribution in [3.63, 3.8) is 0 Å². The van der Waals surface area contributed by atoms with Crippen molar-refractivity contribution in [2.45, 2.75) is 6.18 Å². The van der Waals surface area contributed by atoms with Crippen LogP contribution in [0.15, 0.2) is 34.3 Å². The number of H-pyrrole nitrogens is 1. The molecule has 0 fully saturated rings. The molecule has 0 saturated heterocycles. The van der Waals surface area contributed by atoms with Gasteiger partial charge in [0.2, 0.25) is 0 Å². The van der Waals surface area contributed by atoms with E-state index in [-0.39, 0.29) is 23.4 Å². The monoisotopic (exact) mass is 310 g/mol. The molecule has 0 spiro atoms. The molecule has 2 rings (SSSR count). The number of halogens is 3. The van der Waals surface area contributed by atoms with Crippen LogP contribution in [0.2, 0.25) is 0 Å². The van der Waals surface area contributed by atoms with Gasteiger partial charge in [-0.2, -0.15) is 13.2 Å². The van der Waals surface area contributed by atoms with Gasteiger partial charge < -0.3 is 10.3 Å². The van der Waals surface area contributed by atoms with E-state index in [0.717, 1.165) is 6.20 Å². The van der Waals surface area contributed by atoms with Crippen LogP contribution in [0.3, 0.4) is 0 Å². The average molecular weight is 310 g/mol. The van der Waals surface area contributed by atoms with Gasteiger partial charge in [0.15, 0.2) is 0 Å². The Morgan fingerprint density at radius 3 is 2.86 bits per heavy atom. The second-order valence-electron chi connectivity index (χ2n) is 4.22. The first-order valence-electron chi connectivity index (χ1n) is 6.18. The van der Waals surface area contributed by atoms with E-state index in [9.17, 15) is 13.2 Å². The Morgan fingerprint density at radius 2 is 2.23 bits per heavy atom. The number of nitrogens with one attached hydrogen (secondary N) is 2. The fourth-order valence-corrected chi connectivity index (χ4v) is 1.82. The highest BCUT2D eigenvalue weighted by molar-refractivity contribution is 5.90. The van der Waals surface area contributed by atoms with Crippen LogP contribution < -0.4 is 5.32 Å². The fraction of sp³-hybridized carbons (Fsp3) is 0.231. The van der Waals surface area contributed by atoms with E-state index < -0.39 is 11.7 Å². The molecule has 2 N–H and O–H groups in total. The lowest BCUT2D eigenvalue weighted by molar-refractivity contribution is -0.136. The van der Waals surface area contributed by atoms with Gasteiger partial charge in [0.1, 0.15) is 17.8 Å². The molecule has 2 aromatic heterocycles. The van der Waals surface area contributed by atoms with Gasteiger partial charge in [-0.05, 0) is 12.8 Å². The van der Waals surface area contributed by atoms with Crippen molar-refractivity contribution in [2.75, 3.05) is 18.9 Å². The molecule has 22 heavy (non-hydrogen) atoms. The summed E-state index contributed by atoms with van der Waals surface area (Å²) < 4.78 is 39.0. The Hall–Kier alpha value is -2.71. The number of rotatable bonds is 5. The topological polar surface area (TPSA) is 78.3 Å². The van der Waals surface area contributed by atoms with E-state index in [0.29, 0.717) is 5.70 Å². The second-order valence-corrected chi connectivity index (χ2v) is 4.22. The molecule has 0 aliphatic rings. The Kier molecular flexibility index (Phi) is 4.54. The van der Waals surface area contributed by atoms with Gasteiger partial charge in [-0.15, -0.1) is 0 Å². The highest BCUT2D eigenvalue weighted by Crippen LogP contribution is 2.36. The molecule has 2 heterocycles. The maximum Gasteiger partial charge on any atom is 0.418 e. The minimum Gasteiger partial charge on any atom is -0.364 e. The van der Waals surface area contributed by atoms with Crippen molar-refractivity contribution < 1.29 is 13.2 Å². The highest BCUT2D eigenvalue weighted by atomic mass is 19.4. The molecule has 0 atom stereocenters. The van der Waals surface area contributed by atoms with Crippen LogP contribution >= 0.6 is 0 Å². The molecular formula is C13H13F3N6. The summed E-state index contributed by atoms with van der Waals surface area (Å²) in [7, 11) is 1.59. The molecule has 0 saturated carbocycles. The number of aliphatic imine (C=N–C) groups is 2. The third-order valence-corrected chi connectivity index (χ3v) is 2.83. The summed E-state index contributed by atoms with van der Waals surface area (Å²) in [5.74, 6) is 0.0709. The normalized spacial score (nSPS) is 13.0. The van der Waals surface area contributed by atoms with E-state index >= 15 is 0 Å². The SMILES string of the molecule is C=N/C(=C\C=NC)CNc1ncnc2[nH]cc(C(F)(F)F)c12. The minimum atomic E-state index is -4.50. The number of nitrogens with zero attached hydrogens (tertiary/aromatic N) is 4. The Morgan fingerprint density at radius 1 is 1.45 bits per heavy atom. The molecule has 0 aliphatic carbocycles. The van der Waals surface area contributed by atoms with Gasteiger partial charge in [0.05, 0.1) is 23.2 Å². The summed E-state index contributed by atoms with van der Waals surface area (Å²) in [6.07, 6.45) is 0.665. The predicted octanol–water partition coefficient (Wildman–Crippen LogP) is 2.67. The minimum absolute atomic E-state index is 0.0709. The zero-order valence-electron chi connectivity index (χ0n) is 11.6. The third-order valence-electron chi connectivity index (χ3n) is 2.83. The van der Waals surface area contributed by atoms with Crippen molar-refractivity contribution in [3.8, 4) is 0 Å². The number of hydrogen-bond donors (Lipinski definition) is 2. The lowest BCUT2D eigenvalue weighted by Crippen LogP contribution is -2.09. The van der Waals surface area contributed by atoms with Crippen LogP contribution in [0, 0.1) is 0 Å². The standard InChI is InChI=1S/C13H13F3N6/c1-17-4-3-8(18-2)5-19-11-10-9(13(14,15)16)6-20-12(10)22-7-21-11/h3-4,6-7H,2,5H2,1H3,(H2,19,20,21,22)/b8-3-,17-4?. The van der Waals surface area contributed by atoms with Crippen LogP contribution in [0.4, 0.5) is 19.0 Å². The summed E-state index contributed by atoms with van der Waals surface area (Å²) in [5, 5.41) is 2.70. The van der Waals surface area contributed by atoms with E-state index in [2.05, 4.69) is 37.0 Å². The van der Waals surface area contributed by atoms with Gasteiger partial charge in [0, 0.05) is 19.5 Å². The zero-order valence-corrected chi connectivity index (χ0v) is 11.6. The average Bonchev–Trinajstić information content (AvgIpc) is 2.92. The number of hydrogen-bond acceptors (Lipinski definition) is 5. The molecular weight excluding hydrogens is 297 g/mol. The first-order valence-corrected chi connectivity index (χ1v) is 6.18. The summed E-state index contributed by atoms with van der Waals surface area (Å²) in [4.78, 5) is 17.7. The Balaban J connectivity index is 2.35. The first-order chi connectivity index (χ1) is 10.5. The lowest BCUT2D eigenvalue weighted by atomic mass is 10.2. The summed E-state index contributed by atoms with van der Waals surface area (Å²) in [6, 6.07) is 0. The lowest BCUT2D eigenvalue weighted by Gasteiger charge is -2.09. The van der Waals surface area contributed by atoms with Gasteiger partial charge in [-0.3, -0.25) is 9.98 Å². The second kappa shape index (κ2) is 6.37. The van der Waals surface area contributed by atoms with Crippen LogP contribution in [0.5, 0.6) is 0 Å². The van der Waals surface area contributed by atoms with Crippen molar-refractivity contribution in [1.29, 1.82) is 0 Å². The van der Waals surface area contributed by atoms with Gasteiger partial charge >= 0.3 is 6.18 Å². The molecule has 9 heteroatoms. The summed E-state index contributed by atoms with van der Waals surface area (Å²) in [6.45, 7) is 3.55. The van der Waals surface area contributed by atoms with E-state index in [1.807, 2.05) is 0 Å². The zero-order chi connectivity index (χ0) is 16.2. The van der Waals surface area contributed by atoms with Crippen molar-refractivity contribution in [3.05, 3.63) is 29.9 Å². The van der Waals surface area contributed by atoms with Crippen molar-refractivity contribution in [1.82, 2.24) is 15.0 Å². The molecule has 0 amide bonds. The molecule has 0 radical (unpaired) electrons. The Bertz CT molecular complexity index is 729. The molecule has 0 aliphatic heterocycles. The van der Waals surface area contributed by atoms with Crippen molar-refractivity contribution >= 4 is 29.8 Å². The quantitative estimate of drug-likeness (QED) is 0.833. The highest BCUT2D eigenvalue weighted by Gasteiger charge is 2.35. The molecule has 6 nitrogen and oxygen atoms in total. The molecule has 0 unspecified atom stereocenters. The molecule has 2 aromatic rings. The summed E-state index contributed by atoms with van der Waals surface area (Å²) in [5.41, 5.74) is -0.198. The van der Waals surface area contributed by atoms with Crippen molar-refractivity contribution in [2.24, 2.45) is 9.98 Å². The van der Waals surface area contributed by atoms with E-state index in [4.69, 9.17) is 0 Å². The molecule has 0 bridgehead atoms. The molecule has 116 valence electrons. The maximum atomic E-state index is 13.0. The van der Waals surface area contributed by atoms with Gasteiger partial charge in [-0.1, -0.05) is 0 Å². The van der Waals surface area contributed by atoms with Gasteiger partial charge in [0.25, 0.3) is 0 Å². The number of aromatic amines is 1. The number of allylic oxidation sites excluding steroid dienone is 1. The third kappa shape index (κ3) is 3.30. The smallest absolute Gasteiger partial charge is 0.364 e. The van der Waals surface area contributed by atoms with E-state index in [1.165, 1.54) is 12.5 Å². The number of fused-ring (bicyclic) bond motifs is 1. The number of alkyl halides is 3. The first kappa shape index (κ1) is 15.7. The number of aromatic nitrogens is 3. The molecule has 0 aromatic carbocycles. The van der Waals surface area contributed by atoms with Crippen LogP contribution in [0.1, 0.15) is 5.56 Å². The van der Waals surface area contributed by atoms with E-state index in [1.54, 1.807) is 13.1 Å².